The first kappa shape index (κ1) is 13.6. The summed E-state index contributed by atoms with van der Waals surface area (Å²) < 4.78 is 0. The molecular formula is C16H13N3OS. The molecule has 0 fully saturated rings. The Labute approximate surface area is 126 Å². The van der Waals surface area contributed by atoms with Crippen molar-refractivity contribution in [3.8, 4) is 0 Å². The summed E-state index contributed by atoms with van der Waals surface area (Å²) >= 11 is 1.62. The van der Waals surface area contributed by atoms with E-state index in [0.717, 1.165) is 27.2 Å². The Hall–Kier alpha value is -2.40. The quantitative estimate of drug-likeness (QED) is 0.593. The van der Waals surface area contributed by atoms with Crippen LogP contribution in [0.5, 0.6) is 0 Å². The van der Waals surface area contributed by atoms with Gasteiger partial charge in [-0.3, -0.25) is 4.79 Å². The highest BCUT2D eigenvalue weighted by Crippen LogP contribution is 2.27. The predicted octanol–water partition coefficient (Wildman–Crippen LogP) is 3.02. The van der Waals surface area contributed by atoms with Crippen LogP contribution in [0, 0.1) is 0 Å². The van der Waals surface area contributed by atoms with Crippen LogP contribution in [0.3, 0.4) is 0 Å². The lowest BCUT2D eigenvalue weighted by Crippen LogP contribution is -2.10. The maximum absolute atomic E-state index is 11.2. The molecule has 1 aromatic heterocycles. The van der Waals surface area contributed by atoms with Crippen molar-refractivity contribution in [2.24, 2.45) is 5.73 Å². The average molecular weight is 295 g/mol. The Morgan fingerprint density at radius 3 is 2.81 bits per heavy atom. The molecule has 5 heteroatoms. The summed E-state index contributed by atoms with van der Waals surface area (Å²) in [5.41, 5.74) is 7.80. The summed E-state index contributed by atoms with van der Waals surface area (Å²) in [6.07, 6.45) is 1.57. The van der Waals surface area contributed by atoms with Crippen molar-refractivity contribution in [3.05, 3.63) is 66.0 Å². The minimum Gasteiger partial charge on any atom is -0.366 e. The molecule has 3 aromatic rings. The fourth-order valence-corrected chi connectivity index (χ4v) is 2.99. The minimum atomic E-state index is -0.408. The molecule has 4 nitrogen and oxygen atoms in total. The topological polar surface area (TPSA) is 68.9 Å². The van der Waals surface area contributed by atoms with Gasteiger partial charge in [0.25, 0.3) is 0 Å². The van der Waals surface area contributed by atoms with Gasteiger partial charge in [0.2, 0.25) is 5.91 Å². The maximum atomic E-state index is 11.2. The number of aromatic nitrogens is 2. The van der Waals surface area contributed by atoms with E-state index in [0.29, 0.717) is 5.56 Å². The smallest absolute Gasteiger partial charge is 0.248 e. The molecule has 1 heterocycles. The van der Waals surface area contributed by atoms with E-state index in [4.69, 9.17) is 5.73 Å². The first-order valence-electron chi connectivity index (χ1n) is 6.45. The highest BCUT2D eigenvalue weighted by Gasteiger charge is 2.06. The zero-order chi connectivity index (χ0) is 14.7. The van der Waals surface area contributed by atoms with Gasteiger partial charge in [-0.25, -0.2) is 9.97 Å². The molecule has 0 radical (unpaired) electrons. The first-order chi connectivity index (χ1) is 10.2. The van der Waals surface area contributed by atoms with Crippen LogP contribution in [0.4, 0.5) is 0 Å². The molecule has 0 unspecified atom stereocenters. The third-order valence-electron chi connectivity index (χ3n) is 3.09. The van der Waals surface area contributed by atoms with E-state index in [1.165, 1.54) is 0 Å². The van der Waals surface area contributed by atoms with E-state index in [1.807, 2.05) is 42.5 Å². The molecule has 2 N–H and O–H groups in total. The number of nitrogens with two attached hydrogens (primary N) is 1. The van der Waals surface area contributed by atoms with Gasteiger partial charge in [0.15, 0.2) is 0 Å². The molecule has 0 saturated carbocycles. The molecular weight excluding hydrogens is 282 g/mol. The number of carbonyl (C=O) groups is 1. The van der Waals surface area contributed by atoms with Crippen LogP contribution < -0.4 is 5.73 Å². The number of hydrogen-bond acceptors (Lipinski definition) is 4. The Kier molecular flexibility index (Phi) is 3.83. The largest absolute Gasteiger partial charge is 0.366 e. The second kappa shape index (κ2) is 5.93. The normalized spacial score (nSPS) is 10.7. The molecule has 1 amide bonds. The Balaban J connectivity index is 1.84. The van der Waals surface area contributed by atoms with Gasteiger partial charge >= 0.3 is 0 Å². The number of rotatable bonds is 4. The van der Waals surface area contributed by atoms with Crippen LogP contribution >= 0.6 is 11.8 Å². The van der Waals surface area contributed by atoms with Gasteiger partial charge in [0.1, 0.15) is 11.4 Å². The molecule has 0 atom stereocenters. The van der Waals surface area contributed by atoms with Gasteiger partial charge in [0, 0.05) is 16.7 Å². The van der Waals surface area contributed by atoms with E-state index < -0.39 is 5.91 Å². The summed E-state index contributed by atoms with van der Waals surface area (Å²) in [4.78, 5) is 19.8. The Bertz CT molecular complexity index is 799. The van der Waals surface area contributed by atoms with E-state index in [2.05, 4.69) is 9.97 Å². The summed E-state index contributed by atoms with van der Waals surface area (Å²) in [7, 11) is 0. The van der Waals surface area contributed by atoms with Crippen LogP contribution in [0.25, 0.3) is 10.9 Å². The van der Waals surface area contributed by atoms with E-state index in [1.54, 1.807) is 24.2 Å². The lowest BCUT2D eigenvalue weighted by molar-refractivity contribution is 0.1000. The van der Waals surface area contributed by atoms with E-state index in [-0.39, 0.29) is 0 Å². The van der Waals surface area contributed by atoms with Crippen molar-refractivity contribution in [2.45, 2.75) is 10.8 Å². The maximum Gasteiger partial charge on any atom is 0.248 e. The van der Waals surface area contributed by atoms with Crippen LogP contribution in [0.15, 0.2) is 59.9 Å². The molecule has 21 heavy (non-hydrogen) atoms. The Morgan fingerprint density at radius 2 is 1.95 bits per heavy atom. The highest BCUT2D eigenvalue weighted by molar-refractivity contribution is 7.98. The summed E-state index contributed by atoms with van der Waals surface area (Å²) in [6, 6.07) is 15.3. The van der Waals surface area contributed by atoms with Crippen molar-refractivity contribution < 1.29 is 4.79 Å². The SMILES string of the molecule is NC(=O)c1cccc(CSc2ncnc3ccccc23)c1. The molecule has 0 aliphatic carbocycles. The van der Waals surface area contributed by atoms with Gasteiger partial charge in [-0.1, -0.05) is 30.3 Å². The lowest BCUT2D eigenvalue weighted by Gasteiger charge is -2.05. The second-order valence-electron chi connectivity index (χ2n) is 4.55. The zero-order valence-corrected chi connectivity index (χ0v) is 12.0. The van der Waals surface area contributed by atoms with E-state index >= 15 is 0 Å². The van der Waals surface area contributed by atoms with E-state index in [9.17, 15) is 4.79 Å². The molecule has 3 rings (SSSR count). The fourth-order valence-electron chi connectivity index (χ4n) is 2.06. The number of hydrogen-bond donors (Lipinski definition) is 1. The fraction of sp³-hybridized carbons (Fsp3) is 0.0625. The van der Waals surface area contributed by atoms with Crippen molar-refractivity contribution in [1.29, 1.82) is 0 Å². The van der Waals surface area contributed by atoms with Crippen LogP contribution in [0.2, 0.25) is 0 Å². The molecule has 0 aliphatic heterocycles. The molecule has 0 aliphatic rings. The highest BCUT2D eigenvalue weighted by atomic mass is 32.2. The number of fused-ring (bicyclic) bond motifs is 1. The third-order valence-corrected chi connectivity index (χ3v) is 4.17. The van der Waals surface area contributed by atoms with Gasteiger partial charge in [-0.2, -0.15) is 0 Å². The number of para-hydroxylation sites is 1. The lowest BCUT2D eigenvalue weighted by atomic mass is 10.1. The number of primary amides is 1. The average Bonchev–Trinajstić information content (AvgIpc) is 2.53. The van der Waals surface area contributed by atoms with Gasteiger partial charge in [-0.15, -0.1) is 11.8 Å². The number of nitrogens with zero attached hydrogens (tertiary/aromatic N) is 2. The van der Waals surface area contributed by atoms with Crippen molar-refractivity contribution >= 4 is 28.6 Å². The number of benzene rings is 2. The second-order valence-corrected chi connectivity index (χ2v) is 5.51. The number of thioether (sulfide) groups is 1. The molecule has 0 spiro atoms. The predicted molar refractivity (Wildman–Crippen MR) is 84.1 cm³/mol. The first-order valence-corrected chi connectivity index (χ1v) is 7.44. The zero-order valence-electron chi connectivity index (χ0n) is 11.2. The monoisotopic (exact) mass is 295 g/mol. The standard InChI is InChI=1S/C16H13N3OS/c17-15(20)12-5-3-4-11(8-12)9-21-16-13-6-1-2-7-14(13)18-10-19-16/h1-8,10H,9H2,(H2,17,20). The molecule has 0 bridgehead atoms. The van der Waals surface area contributed by atoms with Gasteiger partial charge in [0.05, 0.1) is 5.52 Å². The third kappa shape index (κ3) is 3.03. The summed E-state index contributed by atoms with van der Waals surface area (Å²) in [5, 5.41) is 1.97. The summed E-state index contributed by atoms with van der Waals surface area (Å²) in [6.45, 7) is 0. The van der Waals surface area contributed by atoms with Crippen molar-refractivity contribution in [2.75, 3.05) is 0 Å². The molecule has 0 saturated heterocycles. The minimum absolute atomic E-state index is 0.408. The van der Waals surface area contributed by atoms with Crippen LogP contribution in [-0.4, -0.2) is 15.9 Å². The summed E-state index contributed by atoms with van der Waals surface area (Å²) in [5.74, 6) is 0.316. The Morgan fingerprint density at radius 1 is 1.10 bits per heavy atom. The van der Waals surface area contributed by atoms with Crippen LogP contribution in [0.1, 0.15) is 15.9 Å². The van der Waals surface area contributed by atoms with Crippen LogP contribution in [-0.2, 0) is 5.75 Å². The van der Waals surface area contributed by atoms with Gasteiger partial charge < -0.3 is 5.73 Å². The molecule has 104 valence electrons. The number of carbonyl (C=O) groups excluding carboxylic acids is 1. The number of amides is 1. The van der Waals surface area contributed by atoms with Gasteiger partial charge in [-0.05, 0) is 23.8 Å². The molecule has 2 aromatic carbocycles. The van der Waals surface area contributed by atoms with Crippen molar-refractivity contribution in [1.82, 2.24) is 9.97 Å². The van der Waals surface area contributed by atoms with Crippen molar-refractivity contribution in [3.63, 3.8) is 0 Å².